The Hall–Kier alpha value is -2.97. The normalized spacial score (nSPS) is 14.6. The minimum atomic E-state index is -0.519. The largest absolute Gasteiger partial charge is 0.490 e. The van der Waals surface area contributed by atoms with Gasteiger partial charge in [-0.1, -0.05) is 37.1 Å². The number of amides is 3. The number of carbonyl (C=O) groups is 3. The van der Waals surface area contributed by atoms with Crippen molar-refractivity contribution in [3.05, 3.63) is 57.5 Å². The first-order valence-electron chi connectivity index (χ1n) is 11.0. The Kier molecular flexibility index (Phi) is 9.01. The second-order valence-electron chi connectivity index (χ2n) is 7.62. The number of imide groups is 1. The second-order valence-corrected chi connectivity index (χ2v) is 9.05. The topological polar surface area (TPSA) is 84.9 Å². The number of aryl methyl sites for hydroxylation is 1. The summed E-state index contributed by atoms with van der Waals surface area (Å²) in [5.74, 6) is 0.201. The van der Waals surface area contributed by atoms with E-state index in [4.69, 9.17) is 21.1 Å². The van der Waals surface area contributed by atoms with E-state index in [1.165, 1.54) is 0 Å². The molecule has 2 aromatic carbocycles. The maximum absolute atomic E-state index is 12.8. The van der Waals surface area contributed by atoms with Crippen LogP contribution in [0.4, 0.5) is 10.5 Å². The van der Waals surface area contributed by atoms with Crippen LogP contribution in [-0.4, -0.2) is 41.7 Å². The van der Waals surface area contributed by atoms with Gasteiger partial charge in [-0.3, -0.25) is 19.3 Å². The summed E-state index contributed by atoms with van der Waals surface area (Å²) in [6, 6.07) is 10.5. The van der Waals surface area contributed by atoms with E-state index in [0.717, 1.165) is 35.1 Å². The zero-order chi connectivity index (χ0) is 24.7. The standard InChI is InChI=1S/C25H27ClN2O5S/c1-4-6-11-33-20-10-8-17(12-21(20)32-5-2)13-22-24(30)28(25(31)34-22)15-23(29)27-19-14-18(26)9-7-16(19)3/h7-10,12-14H,4-6,11,15H2,1-3H3,(H,27,29)/b22-13-. The van der Waals surface area contributed by atoms with E-state index in [9.17, 15) is 14.4 Å². The van der Waals surface area contributed by atoms with Crippen LogP contribution in [0.3, 0.4) is 0 Å². The van der Waals surface area contributed by atoms with Gasteiger partial charge in [0.25, 0.3) is 11.1 Å². The van der Waals surface area contributed by atoms with Gasteiger partial charge in [-0.05, 0) is 73.5 Å². The molecular weight excluding hydrogens is 476 g/mol. The Morgan fingerprint density at radius 2 is 1.91 bits per heavy atom. The van der Waals surface area contributed by atoms with Crippen LogP contribution in [-0.2, 0) is 9.59 Å². The van der Waals surface area contributed by atoms with Crippen molar-refractivity contribution < 1.29 is 23.9 Å². The number of halogens is 1. The Bertz CT molecular complexity index is 1120. The molecule has 1 aliphatic rings. The molecule has 0 unspecified atom stereocenters. The fraction of sp³-hybridized carbons (Fsp3) is 0.320. The summed E-state index contributed by atoms with van der Waals surface area (Å²) in [7, 11) is 0. The molecular formula is C25H27ClN2O5S. The predicted molar refractivity (Wildman–Crippen MR) is 136 cm³/mol. The maximum Gasteiger partial charge on any atom is 0.294 e. The monoisotopic (exact) mass is 502 g/mol. The van der Waals surface area contributed by atoms with Gasteiger partial charge in [-0.25, -0.2) is 0 Å². The van der Waals surface area contributed by atoms with Crippen LogP contribution in [0.15, 0.2) is 41.3 Å². The van der Waals surface area contributed by atoms with Crippen molar-refractivity contribution >= 4 is 52.2 Å². The zero-order valence-electron chi connectivity index (χ0n) is 19.4. The molecule has 9 heteroatoms. The number of hydrogen-bond donors (Lipinski definition) is 1. The first-order chi connectivity index (χ1) is 16.3. The van der Waals surface area contributed by atoms with Gasteiger partial charge in [0.1, 0.15) is 6.54 Å². The van der Waals surface area contributed by atoms with Crippen molar-refractivity contribution in [3.63, 3.8) is 0 Å². The average molecular weight is 503 g/mol. The molecule has 180 valence electrons. The molecule has 34 heavy (non-hydrogen) atoms. The highest BCUT2D eigenvalue weighted by atomic mass is 35.5. The van der Waals surface area contributed by atoms with Crippen LogP contribution in [0.5, 0.6) is 11.5 Å². The maximum atomic E-state index is 12.8. The van der Waals surface area contributed by atoms with Crippen LogP contribution in [0.1, 0.15) is 37.8 Å². The molecule has 0 aliphatic carbocycles. The second kappa shape index (κ2) is 11.9. The highest BCUT2D eigenvalue weighted by molar-refractivity contribution is 8.18. The molecule has 1 fully saturated rings. The van der Waals surface area contributed by atoms with Crippen molar-refractivity contribution in [1.29, 1.82) is 0 Å². The highest BCUT2D eigenvalue weighted by Gasteiger charge is 2.36. The molecule has 3 rings (SSSR count). The Morgan fingerprint density at radius 3 is 2.65 bits per heavy atom. The van der Waals surface area contributed by atoms with Gasteiger partial charge in [-0.15, -0.1) is 0 Å². The number of carbonyl (C=O) groups excluding carboxylic acids is 3. The molecule has 0 saturated carbocycles. The molecule has 1 saturated heterocycles. The van der Waals surface area contributed by atoms with Crippen molar-refractivity contribution in [3.8, 4) is 11.5 Å². The summed E-state index contributed by atoms with van der Waals surface area (Å²) in [6.07, 6.45) is 3.57. The molecule has 0 bridgehead atoms. The molecule has 3 amide bonds. The predicted octanol–water partition coefficient (Wildman–Crippen LogP) is 5.90. The highest BCUT2D eigenvalue weighted by Crippen LogP contribution is 2.35. The molecule has 1 aliphatic heterocycles. The number of benzene rings is 2. The molecule has 2 aromatic rings. The Labute approximate surface area is 208 Å². The van der Waals surface area contributed by atoms with Gasteiger partial charge >= 0.3 is 0 Å². The van der Waals surface area contributed by atoms with Crippen molar-refractivity contribution in [2.75, 3.05) is 25.1 Å². The van der Waals surface area contributed by atoms with Crippen LogP contribution < -0.4 is 14.8 Å². The van der Waals surface area contributed by atoms with Crippen molar-refractivity contribution in [2.45, 2.75) is 33.6 Å². The van der Waals surface area contributed by atoms with Crippen LogP contribution in [0.2, 0.25) is 5.02 Å². The molecule has 0 aromatic heterocycles. The van der Waals surface area contributed by atoms with Gasteiger partial charge in [0.2, 0.25) is 5.91 Å². The van der Waals surface area contributed by atoms with Crippen LogP contribution in [0.25, 0.3) is 6.08 Å². The number of thioether (sulfide) groups is 1. The third-order valence-corrected chi connectivity index (χ3v) is 6.11. The lowest BCUT2D eigenvalue weighted by molar-refractivity contribution is -0.127. The molecule has 0 radical (unpaired) electrons. The van der Waals surface area contributed by atoms with E-state index >= 15 is 0 Å². The van der Waals surface area contributed by atoms with Crippen molar-refractivity contribution in [2.24, 2.45) is 0 Å². The van der Waals surface area contributed by atoms with Crippen molar-refractivity contribution in [1.82, 2.24) is 4.90 Å². The van der Waals surface area contributed by atoms with Gasteiger partial charge in [0.15, 0.2) is 11.5 Å². The molecule has 7 nitrogen and oxygen atoms in total. The average Bonchev–Trinajstić information content (AvgIpc) is 3.05. The fourth-order valence-corrected chi connectivity index (χ4v) is 4.19. The molecule has 1 N–H and O–H groups in total. The number of rotatable bonds is 10. The summed E-state index contributed by atoms with van der Waals surface area (Å²) in [5.41, 5.74) is 2.04. The summed E-state index contributed by atoms with van der Waals surface area (Å²) in [5, 5.41) is 2.68. The summed E-state index contributed by atoms with van der Waals surface area (Å²) < 4.78 is 11.5. The third kappa shape index (κ3) is 6.55. The first kappa shape index (κ1) is 25.6. The summed E-state index contributed by atoms with van der Waals surface area (Å²) in [6.45, 7) is 6.46. The molecule has 0 spiro atoms. The summed E-state index contributed by atoms with van der Waals surface area (Å²) >= 11 is 6.78. The first-order valence-corrected chi connectivity index (χ1v) is 12.2. The lowest BCUT2D eigenvalue weighted by Crippen LogP contribution is -2.36. The quantitative estimate of drug-likeness (QED) is 0.321. The number of hydrogen-bond acceptors (Lipinski definition) is 6. The third-order valence-electron chi connectivity index (χ3n) is 4.97. The Balaban J connectivity index is 1.71. The number of nitrogens with zero attached hydrogens (tertiary/aromatic N) is 1. The number of anilines is 1. The number of nitrogens with one attached hydrogen (secondary N) is 1. The summed E-state index contributed by atoms with van der Waals surface area (Å²) in [4.78, 5) is 38.9. The van der Waals surface area contributed by atoms with Gasteiger partial charge in [0, 0.05) is 10.7 Å². The van der Waals surface area contributed by atoms with Crippen LogP contribution in [0, 0.1) is 6.92 Å². The van der Waals surface area contributed by atoms with Gasteiger partial charge in [-0.2, -0.15) is 0 Å². The minimum Gasteiger partial charge on any atom is -0.490 e. The van der Waals surface area contributed by atoms with E-state index in [1.807, 2.05) is 13.8 Å². The number of ether oxygens (including phenoxy) is 2. The van der Waals surface area contributed by atoms with Gasteiger partial charge < -0.3 is 14.8 Å². The number of unbranched alkanes of at least 4 members (excludes halogenated alkanes) is 1. The van der Waals surface area contributed by atoms with Gasteiger partial charge in [0.05, 0.1) is 18.1 Å². The van der Waals surface area contributed by atoms with Crippen LogP contribution >= 0.6 is 23.4 Å². The van der Waals surface area contributed by atoms with E-state index in [-0.39, 0.29) is 11.4 Å². The SMILES string of the molecule is CCCCOc1ccc(/C=C2\SC(=O)N(CC(=O)Nc3cc(Cl)ccc3C)C2=O)cc1OCC. The smallest absolute Gasteiger partial charge is 0.294 e. The fourth-order valence-electron chi connectivity index (χ4n) is 3.18. The van der Waals surface area contributed by atoms with E-state index < -0.39 is 17.1 Å². The van der Waals surface area contributed by atoms with E-state index in [2.05, 4.69) is 12.2 Å². The zero-order valence-corrected chi connectivity index (χ0v) is 20.9. The molecule has 0 atom stereocenters. The van der Waals surface area contributed by atoms with E-state index in [0.29, 0.717) is 41.0 Å². The Morgan fingerprint density at radius 1 is 1.12 bits per heavy atom. The van der Waals surface area contributed by atoms with E-state index in [1.54, 1.807) is 42.5 Å². The molecule has 1 heterocycles. The lowest BCUT2D eigenvalue weighted by atomic mass is 10.2. The minimum absolute atomic E-state index is 0.235. The lowest BCUT2D eigenvalue weighted by Gasteiger charge is -2.14.